The molecule has 0 radical (unpaired) electrons. The van der Waals surface area contributed by atoms with Gasteiger partial charge < -0.3 is 0 Å². The van der Waals surface area contributed by atoms with Gasteiger partial charge in [0.25, 0.3) is 0 Å². The summed E-state index contributed by atoms with van der Waals surface area (Å²) in [6.45, 7) is 0. The molecule has 0 saturated carbocycles. The van der Waals surface area contributed by atoms with Crippen LogP contribution in [-0.4, -0.2) is 17.1 Å². The van der Waals surface area contributed by atoms with E-state index in [0.29, 0.717) is 10.0 Å². The van der Waals surface area contributed by atoms with E-state index in [2.05, 4.69) is 30.5 Å². The van der Waals surface area contributed by atoms with Gasteiger partial charge in [0.15, 0.2) is 0 Å². The molecule has 21 heavy (non-hydrogen) atoms. The second-order valence-electron chi connectivity index (χ2n) is 4.66. The number of rotatable bonds is 3. The van der Waals surface area contributed by atoms with Gasteiger partial charge in [0.2, 0.25) is 0 Å². The minimum absolute atomic E-state index is 0.191. The molecule has 0 saturated heterocycles. The zero-order valence-corrected chi connectivity index (χ0v) is 14.5. The van der Waals surface area contributed by atoms with Crippen LogP contribution in [0.3, 0.4) is 0 Å². The normalized spacial score (nSPS) is 17.9. The number of benzene rings is 2. The lowest BCUT2D eigenvalue weighted by atomic mass is 10.1. The largest absolute Gasteiger partial charge is 0.269 e. The van der Waals surface area contributed by atoms with E-state index in [1.165, 1.54) is 10.5 Å². The molecule has 0 bridgehead atoms. The van der Waals surface area contributed by atoms with Crippen LogP contribution in [0, 0.1) is 0 Å². The summed E-state index contributed by atoms with van der Waals surface area (Å²) in [5.41, 5.74) is 2.17. The van der Waals surface area contributed by atoms with Crippen LogP contribution in [-0.2, 0) is 0 Å². The third-order valence-corrected chi connectivity index (χ3v) is 5.70. The van der Waals surface area contributed by atoms with Gasteiger partial charge in [-0.1, -0.05) is 35.3 Å². The monoisotopic (exact) mass is 353 g/mol. The number of halogens is 2. The maximum Gasteiger partial charge on any atom is 0.100 e. The van der Waals surface area contributed by atoms with E-state index in [-0.39, 0.29) is 6.04 Å². The molecule has 1 aliphatic heterocycles. The van der Waals surface area contributed by atoms with Gasteiger partial charge >= 0.3 is 0 Å². The van der Waals surface area contributed by atoms with Crippen molar-refractivity contribution in [3.05, 3.63) is 63.6 Å². The fraction of sp³-hybridized carbons (Fsp3) is 0.188. The van der Waals surface area contributed by atoms with E-state index in [1.54, 1.807) is 29.6 Å². The second-order valence-corrected chi connectivity index (χ2v) is 7.39. The smallest absolute Gasteiger partial charge is 0.100 e. The number of hydrogen-bond donors (Lipinski definition) is 0. The summed E-state index contributed by atoms with van der Waals surface area (Å²) in [7, 11) is 0. The summed E-state index contributed by atoms with van der Waals surface area (Å²) >= 11 is 15.8. The van der Waals surface area contributed by atoms with Crippen molar-refractivity contribution in [2.45, 2.75) is 10.9 Å². The Morgan fingerprint density at radius 3 is 2.62 bits per heavy atom. The first-order valence-electron chi connectivity index (χ1n) is 6.47. The molecule has 5 heteroatoms. The Balaban J connectivity index is 1.87. The highest BCUT2D eigenvalue weighted by molar-refractivity contribution is 8.14. The fourth-order valence-electron chi connectivity index (χ4n) is 2.18. The van der Waals surface area contributed by atoms with Crippen molar-refractivity contribution in [3.63, 3.8) is 0 Å². The molecule has 1 atom stereocenters. The van der Waals surface area contributed by atoms with E-state index < -0.39 is 0 Å². The van der Waals surface area contributed by atoms with Crippen molar-refractivity contribution in [1.29, 1.82) is 0 Å². The Bertz CT molecular complexity index is 683. The molecular formula is C16H13Cl2NS2. The highest BCUT2D eigenvalue weighted by atomic mass is 35.5. The molecule has 0 amide bonds. The van der Waals surface area contributed by atoms with E-state index in [0.717, 1.165) is 16.4 Å². The predicted molar refractivity (Wildman–Crippen MR) is 96.4 cm³/mol. The lowest BCUT2D eigenvalue weighted by molar-refractivity contribution is 0.848. The first-order valence-corrected chi connectivity index (χ1v) is 9.44. The minimum atomic E-state index is 0.191. The maximum atomic E-state index is 6.25. The van der Waals surface area contributed by atoms with Crippen molar-refractivity contribution in [1.82, 2.24) is 0 Å². The van der Waals surface area contributed by atoms with E-state index >= 15 is 0 Å². The van der Waals surface area contributed by atoms with Gasteiger partial charge in [-0.25, -0.2) is 0 Å². The van der Waals surface area contributed by atoms with E-state index in [9.17, 15) is 0 Å². The Morgan fingerprint density at radius 1 is 1.14 bits per heavy atom. The van der Waals surface area contributed by atoms with Crippen LogP contribution in [0.5, 0.6) is 0 Å². The highest BCUT2D eigenvalue weighted by Crippen LogP contribution is 2.36. The first-order chi connectivity index (χ1) is 10.2. The predicted octanol–water partition coefficient (Wildman–Crippen LogP) is 5.95. The highest BCUT2D eigenvalue weighted by Gasteiger charge is 2.22. The van der Waals surface area contributed by atoms with E-state index in [4.69, 9.17) is 28.2 Å². The lowest BCUT2D eigenvalue weighted by Gasteiger charge is -2.06. The Labute approximate surface area is 143 Å². The molecular weight excluding hydrogens is 341 g/mol. The summed E-state index contributed by atoms with van der Waals surface area (Å²) in [4.78, 5) is 6.09. The molecule has 0 fully saturated rings. The average molecular weight is 354 g/mol. The molecule has 1 heterocycles. The van der Waals surface area contributed by atoms with E-state index in [1.807, 2.05) is 12.1 Å². The summed E-state index contributed by atoms with van der Waals surface area (Å²) in [6.07, 6.45) is 2.08. The molecule has 3 rings (SSSR count). The number of hydrogen-bond acceptors (Lipinski definition) is 3. The molecule has 0 aliphatic carbocycles. The fourth-order valence-corrected chi connectivity index (χ4v) is 4.13. The number of nitrogens with zero attached hydrogens (tertiary/aromatic N) is 1. The van der Waals surface area contributed by atoms with Crippen LogP contribution >= 0.6 is 46.7 Å². The van der Waals surface area contributed by atoms with Gasteiger partial charge in [0.1, 0.15) is 5.04 Å². The second kappa shape index (κ2) is 6.66. The topological polar surface area (TPSA) is 12.4 Å². The van der Waals surface area contributed by atoms with Gasteiger partial charge in [-0.15, -0.1) is 23.5 Å². The quantitative estimate of drug-likeness (QED) is 0.632. The third-order valence-electron chi connectivity index (χ3n) is 3.31. The maximum absolute atomic E-state index is 6.25. The summed E-state index contributed by atoms with van der Waals surface area (Å²) < 4.78 is 0. The van der Waals surface area contributed by atoms with Gasteiger partial charge in [0.05, 0.1) is 11.1 Å². The lowest BCUT2D eigenvalue weighted by Crippen LogP contribution is -1.94. The van der Waals surface area contributed by atoms with Crippen molar-refractivity contribution >= 4 is 51.8 Å². The molecule has 1 aliphatic rings. The zero-order chi connectivity index (χ0) is 14.8. The first kappa shape index (κ1) is 15.3. The Kier molecular flexibility index (Phi) is 4.85. The van der Waals surface area contributed by atoms with Crippen molar-refractivity contribution in [2.75, 3.05) is 12.0 Å². The average Bonchev–Trinajstić information content (AvgIpc) is 2.99. The Morgan fingerprint density at radius 2 is 1.90 bits per heavy atom. The van der Waals surface area contributed by atoms with Crippen LogP contribution in [0.4, 0.5) is 0 Å². The van der Waals surface area contributed by atoms with Crippen LogP contribution in [0.25, 0.3) is 0 Å². The molecule has 108 valence electrons. The van der Waals surface area contributed by atoms with Gasteiger partial charge in [0, 0.05) is 21.2 Å². The SMILES string of the molecule is CSc1ccc(C2CSC(c3cc(Cl)ccc3Cl)=N2)cc1. The molecule has 1 unspecified atom stereocenters. The molecule has 1 nitrogen and oxygen atoms in total. The van der Waals surface area contributed by atoms with Gasteiger partial charge in [-0.2, -0.15) is 0 Å². The Hall–Kier alpha value is -0.610. The minimum Gasteiger partial charge on any atom is -0.269 e. The van der Waals surface area contributed by atoms with Crippen LogP contribution in [0.2, 0.25) is 10.0 Å². The zero-order valence-electron chi connectivity index (χ0n) is 11.3. The molecule has 2 aromatic rings. The number of aliphatic imine (C=N–C) groups is 1. The van der Waals surface area contributed by atoms with Gasteiger partial charge in [-0.05, 0) is 42.2 Å². The van der Waals surface area contributed by atoms with Crippen molar-refractivity contribution in [3.8, 4) is 0 Å². The summed E-state index contributed by atoms with van der Waals surface area (Å²) in [5, 5.41) is 2.36. The van der Waals surface area contributed by atoms with Crippen LogP contribution in [0.1, 0.15) is 17.2 Å². The van der Waals surface area contributed by atoms with Crippen LogP contribution < -0.4 is 0 Å². The molecule has 0 N–H and O–H groups in total. The summed E-state index contributed by atoms with van der Waals surface area (Å²) in [6, 6.07) is 14.3. The standard InChI is InChI=1S/C16H13Cl2NS2/c1-20-12-5-2-10(3-6-12)15-9-21-16(19-15)13-8-11(17)4-7-14(13)18/h2-8,15H,9H2,1H3. The van der Waals surface area contributed by atoms with Crippen LogP contribution in [0.15, 0.2) is 52.4 Å². The summed E-state index contributed by atoms with van der Waals surface area (Å²) in [5.74, 6) is 0.941. The molecule has 2 aromatic carbocycles. The molecule has 0 spiro atoms. The molecule has 0 aromatic heterocycles. The number of thioether (sulfide) groups is 2. The van der Waals surface area contributed by atoms with Gasteiger partial charge in [-0.3, -0.25) is 4.99 Å². The van der Waals surface area contributed by atoms with Crippen molar-refractivity contribution < 1.29 is 0 Å². The van der Waals surface area contributed by atoms with Crippen molar-refractivity contribution in [2.24, 2.45) is 4.99 Å². The third kappa shape index (κ3) is 3.42.